The summed E-state index contributed by atoms with van der Waals surface area (Å²) >= 11 is 0. The molecule has 0 fully saturated rings. The smallest absolute Gasteiger partial charge is 0.253 e. The topological polar surface area (TPSA) is 59.4 Å². The molecule has 0 aliphatic rings. The SMILES string of the molecule is COc1c(CNCc2cccc(C(=O)N(C)C)c2)c(C(C)C)nn1C. The first-order valence-corrected chi connectivity index (χ1v) is 8.46. The largest absolute Gasteiger partial charge is 0.481 e. The number of aromatic nitrogens is 2. The van der Waals surface area contributed by atoms with Gasteiger partial charge in [0.15, 0.2) is 0 Å². The normalized spacial score (nSPS) is 11.0. The quantitative estimate of drug-likeness (QED) is 0.838. The third-order valence-electron chi connectivity index (χ3n) is 4.07. The monoisotopic (exact) mass is 344 g/mol. The summed E-state index contributed by atoms with van der Waals surface area (Å²) in [7, 11) is 7.08. The van der Waals surface area contributed by atoms with E-state index >= 15 is 0 Å². The van der Waals surface area contributed by atoms with Crippen molar-refractivity contribution in [3.8, 4) is 5.88 Å². The molecule has 0 saturated heterocycles. The van der Waals surface area contributed by atoms with E-state index in [4.69, 9.17) is 4.74 Å². The Bertz CT molecular complexity index is 735. The van der Waals surface area contributed by atoms with Gasteiger partial charge >= 0.3 is 0 Å². The third-order valence-corrected chi connectivity index (χ3v) is 4.07. The maximum absolute atomic E-state index is 12.1. The van der Waals surface area contributed by atoms with Crippen molar-refractivity contribution in [3.05, 3.63) is 46.6 Å². The van der Waals surface area contributed by atoms with Gasteiger partial charge in [-0.15, -0.1) is 0 Å². The van der Waals surface area contributed by atoms with Crippen LogP contribution in [0.15, 0.2) is 24.3 Å². The van der Waals surface area contributed by atoms with Crippen molar-refractivity contribution in [2.45, 2.75) is 32.9 Å². The van der Waals surface area contributed by atoms with Gasteiger partial charge in [0.25, 0.3) is 5.91 Å². The summed E-state index contributed by atoms with van der Waals surface area (Å²) in [4.78, 5) is 13.7. The molecule has 1 aromatic heterocycles. The number of carbonyl (C=O) groups excluding carboxylic acids is 1. The first kappa shape index (κ1) is 19.0. The first-order valence-electron chi connectivity index (χ1n) is 8.46. The lowest BCUT2D eigenvalue weighted by Crippen LogP contribution is -2.22. The number of nitrogens with one attached hydrogen (secondary N) is 1. The number of hydrogen-bond acceptors (Lipinski definition) is 4. The van der Waals surface area contributed by atoms with Gasteiger partial charge in [-0.2, -0.15) is 5.10 Å². The van der Waals surface area contributed by atoms with Crippen molar-refractivity contribution in [2.24, 2.45) is 7.05 Å². The Labute approximate surface area is 149 Å². The lowest BCUT2D eigenvalue weighted by atomic mass is 10.1. The van der Waals surface area contributed by atoms with Crippen molar-refractivity contribution in [1.29, 1.82) is 0 Å². The van der Waals surface area contributed by atoms with E-state index in [0.717, 1.165) is 22.7 Å². The molecule has 1 N–H and O–H groups in total. The van der Waals surface area contributed by atoms with Gasteiger partial charge < -0.3 is 15.0 Å². The Hall–Kier alpha value is -2.34. The van der Waals surface area contributed by atoms with Crippen molar-refractivity contribution >= 4 is 5.91 Å². The summed E-state index contributed by atoms with van der Waals surface area (Å²) in [5.41, 5.74) is 3.90. The highest BCUT2D eigenvalue weighted by Crippen LogP contribution is 2.26. The van der Waals surface area contributed by atoms with Crippen molar-refractivity contribution in [1.82, 2.24) is 20.0 Å². The summed E-state index contributed by atoms with van der Waals surface area (Å²) in [6.07, 6.45) is 0. The van der Waals surface area contributed by atoms with Gasteiger partial charge in [-0.1, -0.05) is 26.0 Å². The van der Waals surface area contributed by atoms with E-state index in [2.05, 4.69) is 24.3 Å². The Morgan fingerprint density at radius 1 is 1.32 bits per heavy atom. The van der Waals surface area contributed by atoms with Gasteiger partial charge in [-0.25, -0.2) is 4.68 Å². The average molecular weight is 344 g/mol. The van der Waals surface area contributed by atoms with Crippen LogP contribution in [0.1, 0.15) is 46.9 Å². The zero-order valence-corrected chi connectivity index (χ0v) is 16.0. The second-order valence-corrected chi connectivity index (χ2v) is 6.65. The minimum absolute atomic E-state index is 0.0119. The molecule has 0 atom stereocenters. The van der Waals surface area contributed by atoms with Crippen LogP contribution in [0.4, 0.5) is 0 Å². The minimum atomic E-state index is 0.0119. The molecule has 0 aliphatic carbocycles. The fourth-order valence-corrected chi connectivity index (χ4v) is 2.86. The van der Waals surface area contributed by atoms with E-state index in [1.54, 1.807) is 30.8 Å². The molecule has 0 bridgehead atoms. The Balaban J connectivity index is 2.09. The number of rotatable bonds is 7. The predicted octanol–water partition coefficient (Wildman–Crippen LogP) is 2.54. The molecule has 1 heterocycles. The zero-order chi connectivity index (χ0) is 18.6. The van der Waals surface area contributed by atoms with E-state index in [9.17, 15) is 4.79 Å². The predicted molar refractivity (Wildman–Crippen MR) is 98.9 cm³/mol. The van der Waals surface area contributed by atoms with E-state index in [1.807, 2.05) is 31.3 Å². The van der Waals surface area contributed by atoms with Gasteiger partial charge in [-0.05, 0) is 23.6 Å². The molecule has 0 unspecified atom stereocenters. The van der Waals surface area contributed by atoms with Crippen LogP contribution in [-0.2, 0) is 20.1 Å². The van der Waals surface area contributed by atoms with Crippen LogP contribution >= 0.6 is 0 Å². The number of methoxy groups -OCH3 is 1. The fraction of sp³-hybridized carbons (Fsp3) is 0.474. The van der Waals surface area contributed by atoms with Crippen LogP contribution in [0.2, 0.25) is 0 Å². The number of ether oxygens (including phenoxy) is 1. The molecular formula is C19H28N4O2. The number of amides is 1. The summed E-state index contributed by atoms with van der Waals surface area (Å²) in [5, 5.41) is 8.00. The lowest BCUT2D eigenvalue weighted by Gasteiger charge is -2.12. The second kappa shape index (κ2) is 8.16. The van der Waals surface area contributed by atoms with Crippen LogP contribution < -0.4 is 10.1 Å². The Morgan fingerprint density at radius 2 is 2.04 bits per heavy atom. The van der Waals surface area contributed by atoms with Crippen LogP contribution in [0.3, 0.4) is 0 Å². The molecule has 0 saturated carbocycles. The zero-order valence-electron chi connectivity index (χ0n) is 16.0. The molecule has 6 nitrogen and oxygen atoms in total. The van der Waals surface area contributed by atoms with Gasteiger partial charge in [0.1, 0.15) is 0 Å². The number of hydrogen-bond donors (Lipinski definition) is 1. The van der Waals surface area contributed by atoms with Crippen LogP contribution in [-0.4, -0.2) is 41.8 Å². The van der Waals surface area contributed by atoms with E-state index in [0.29, 0.717) is 24.6 Å². The first-order chi connectivity index (χ1) is 11.8. The Kier molecular flexibility index (Phi) is 6.20. The standard InChI is InChI=1S/C19H28N4O2/c1-13(2)17-16(19(25-6)23(5)21-17)12-20-11-14-8-7-9-15(10-14)18(24)22(3)4/h7-10,13,20H,11-12H2,1-6H3. The molecule has 0 radical (unpaired) electrons. The highest BCUT2D eigenvalue weighted by Gasteiger charge is 2.18. The molecule has 2 aromatic rings. The van der Waals surface area contributed by atoms with Gasteiger partial charge in [0, 0.05) is 39.8 Å². The summed E-state index contributed by atoms with van der Waals surface area (Å²) in [5.74, 6) is 1.12. The number of aryl methyl sites for hydroxylation is 1. The molecule has 1 amide bonds. The van der Waals surface area contributed by atoms with Gasteiger partial charge in [-0.3, -0.25) is 4.79 Å². The Morgan fingerprint density at radius 3 is 2.64 bits per heavy atom. The molecule has 0 aliphatic heterocycles. The summed E-state index contributed by atoms with van der Waals surface area (Å²) in [6.45, 7) is 5.59. The third kappa shape index (κ3) is 4.39. The molecule has 0 spiro atoms. The highest BCUT2D eigenvalue weighted by atomic mass is 16.5. The van der Waals surface area contributed by atoms with Crippen LogP contribution in [0, 0.1) is 0 Å². The average Bonchev–Trinajstić information content (AvgIpc) is 2.90. The van der Waals surface area contributed by atoms with Crippen molar-refractivity contribution < 1.29 is 9.53 Å². The van der Waals surface area contributed by atoms with Crippen molar-refractivity contribution in [2.75, 3.05) is 21.2 Å². The number of benzene rings is 1. The van der Waals surface area contributed by atoms with Crippen molar-refractivity contribution in [3.63, 3.8) is 0 Å². The lowest BCUT2D eigenvalue weighted by molar-refractivity contribution is 0.0827. The molecular weight excluding hydrogens is 316 g/mol. The number of carbonyl (C=O) groups is 1. The van der Waals surface area contributed by atoms with E-state index in [-0.39, 0.29) is 5.91 Å². The molecule has 6 heteroatoms. The molecule has 2 rings (SSSR count). The summed E-state index contributed by atoms with van der Waals surface area (Å²) < 4.78 is 7.28. The molecule has 25 heavy (non-hydrogen) atoms. The number of nitrogens with zero attached hydrogens (tertiary/aromatic N) is 3. The highest BCUT2D eigenvalue weighted by molar-refractivity contribution is 5.94. The van der Waals surface area contributed by atoms with Gasteiger partial charge in [0.2, 0.25) is 5.88 Å². The van der Waals surface area contributed by atoms with E-state index < -0.39 is 0 Å². The second-order valence-electron chi connectivity index (χ2n) is 6.65. The van der Waals surface area contributed by atoms with Crippen LogP contribution in [0.5, 0.6) is 5.88 Å². The van der Waals surface area contributed by atoms with E-state index in [1.165, 1.54) is 0 Å². The molecule has 136 valence electrons. The van der Waals surface area contributed by atoms with Crippen LogP contribution in [0.25, 0.3) is 0 Å². The maximum atomic E-state index is 12.1. The fourth-order valence-electron chi connectivity index (χ4n) is 2.86. The van der Waals surface area contributed by atoms with Gasteiger partial charge in [0.05, 0.1) is 18.4 Å². The minimum Gasteiger partial charge on any atom is -0.481 e. The maximum Gasteiger partial charge on any atom is 0.253 e. The summed E-state index contributed by atoms with van der Waals surface area (Å²) in [6, 6.07) is 7.70. The molecule has 1 aromatic carbocycles.